The van der Waals surface area contributed by atoms with E-state index in [0.29, 0.717) is 25.4 Å². The molecule has 0 radical (unpaired) electrons. The van der Waals surface area contributed by atoms with Crippen LogP contribution in [0.2, 0.25) is 0 Å². The fourth-order valence-corrected chi connectivity index (χ4v) is 3.94. The van der Waals surface area contributed by atoms with E-state index in [-0.39, 0.29) is 30.2 Å². The third kappa shape index (κ3) is 5.86. The van der Waals surface area contributed by atoms with Crippen molar-refractivity contribution in [1.82, 2.24) is 29.5 Å². The molecule has 10 nitrogen and oxygen atoms in total. The largest absolute Gasteiger partial charge is 0.370 e. The van der Waals surface area contributed by atoms with Crippen molar-refractivity contribution in [2.24, 2.45) is 0 Å². The summed E-state index contributed by atoms with van der Waals surface area (Å²) in [4.78, 5) is 35.5. The molecule has 2 N–H and O–H groups in total. The number of aromatic amines is 1. The van der Waals surface area contributed by atoms with Crippen molar-refractivity contribution in [3.05, 3.63) is 66.3 Å². The summed E-state index contributed by atoms with van der Waals surface area (Å²) in [5.74, 6) is -0.107. The Morgan fingerprint density at radius 1 is 1.35 bits per heavy atom. The molecule has 3 heterocycles. The monoisotopic (exact) mass is 469 g/mol. The van der Waals surface area contributed by atoms with E-state index in [9.17, 15) is 14.0 Å². The number of halogens is 1. The molecule has 180 valence electrons. The molecule has 0 unspecified atom stereocenters. The second-order valence-corrected chi connectivity index (χ2v) is 8.49. The Hall–Kier alpha value is -3.57. The van der Waals surface area contributed by atoms with E-state index in [2.05, 4.69) is 25.3 Å². The Labute approximate surface area is 196 Å². The van der Waals surface area contributed by atoms with Gasteiger partial charge in [-0.25, -0.2) is 9.37 Å². The van der Waals surface area contributed by atoms with Crippen LogP contribution in [0.5, 0.6) is 0 Å². The van der Waals surface area contributed by atoms with Gasteiger partial charge in [-0.05, 0) is 24.6 Å². The number of ether oxygens (including phenoxy) is 1. The number of rotatable bonds is 9. The standard InChI is InChI=1S/C23H28FN7O3/c1-29(2)22(32)15-34-14-20-9-19(12-30(20)13-21-25-6-7-26-21)31-11-18(10-27-31)28-23(33)16-4-3-5-17(24)8-16/h3-8,10-11,19-20H,9,12-15H2,1-2H3,(H,25,26)(H,28,33)/t19-,20-/m0/s1. The van der Waals surface area contributed by atoms with Crippen molar-refractivity contribution in [3.8, 4) is 0 Å². The number of carbonyl (C=O) groups excluding carboxylic acids is 2. The molecule has 2 atom stereocenters. The van der Waals surface area contributed by atoms with Gasteiger partial charge in [-0.15, -0.1) is 0 Å². The maximum Gasteiger partial charge on any atom is 0.255 e. The SMILES string of the molecule is CN(C)C(=O)COC[C@@H]1C[C@H](n2cc(NC(=O)c3cccc(F)c3)cn2)CN1Cc1ncc[nH]1. The van der Waals surface area contributed by atoms with Gasteiger partial charge in [0.1, 0.15) is 18.2 Å². The number of aromatic nitrogens is 4. The number of hydrogen-bond acceptors (Lipinski definition) is 6. The van der Waals surface area contributed by atoms with Gasteiger partial charge in [0.25, 0.3) is 5.91 Å². The molecule has 1 aromatic carbocycles. The summed E-state index contributed by atoms with van der Waals surface area (Å²) in [5, 5.41) is 7.20. The lowest BCUT2D eigenvalue weighted by molar-refractivity contribution is -0.134. The van der Waals surface area contributed by atoms with Crippen LogP contribution in [0.15, 0.2) is 49.1 Å². The number of hydrogen-bond donors (Lipinski definition) is 2. The van der Waals surface area contributed by atoms with Gasteiger partial charge in [-0.2, -0.15) is 5.10 Å². The first-order chi connectivity index (χ1) is 16.4. The average molecular weight is 470 g/mol. The van der Waals surface area contributed by atoms with Gasteiger partial charge < -0.3 is 19.9 Å². The van der Waals surface area contributed by atoms with E-state index in [4.69, 9.17) is 4.74 Å². The number of nitrogens with one attached hydrogen (secondary N) is 2. The van der Waals surface area contributed by atoms with Crippen molar-refractivity contribution < 1.29 is 18.7 Å². The summed E-state index contributed by atoms with van der Waals surface area (Å²) in [6.07, 6.45) is 7.60. The molecular weight excluding hydrogens is 441 g/mol. The first-order valence-corrected chi connectivity index (χ1v) is 11.0. The summed E-state index contributed by atoms with van der Waals surface area (Å²) in [5.41, 5.74) is 0.769. The summed E-state index contributed by atoms with van der Waals surface area (Å²) < 4.78 is 20.9. The van der Waals surface area contributed by atoms with Crippen molar-refractivity contribution in [1.29, 1.82) is 0 Å². The molecule has 0 spiro atoms. The van der Waals surface area contributed by atoms with Crippen LogP contribution in [0.25, 0.3) is 0 Å². The Morgan fingerprint density at radius 2 is 2.21 bits per heavy atom. The molecule has 3 aromatic rings. The lowest BCUT2D eigenvalue weighted by Gasteiger charge is -2.23. The first-order valence-electron chi connectivity index (χ1n) is 11.0. The lowest BCUT2D eigenvalue weighted by Crippen LogP contribution is -2.35. The van der Waals surface area contributed by atoms with E-state index in [1.165, 1.54) is 23.1 Å². The van der Waals surface area contributed by atoms with E-state index in [1.807, 2.05) is 4.68 Å². The van der Waals surface area contributed by atoms with Crippen LogP contribution < -0.4 is 5.32 Å². The van der Waals surface area contributed by atoms with Gasteiger partial charge >= 0.3 is 0 Å². The Bertz CT molecular complexity index is 1120. The second kappa shape index (κ2) is 10.6. The van der Waals surface area contributed by atoms with Crippen molar-refractivity contribution >= 4 is 17.5 Å². The summed E-state index contributed by atoms with van der Waals surface area (Å²) in [6.45, 7) is 1.75. The number of likely N-dealkylation sites (tertiary alicyclic amines) is 1. The minimum atomic E-state index is -0.466. The van der Waals surface area contributed by atoms with Gasteiger partial charge in [-0.1, -0.05) is 6.07 Å². The van der Waals surface area contributed by atoms with Crippen LogP contribution in [-0.2, 0) is 16.1 Å². The lowest BCUT2D eigenvalue weighted by atomic mass is 10.2. The van der Waals surface area contributed by atoms with Gasteiger partial charge in [-0.3, -0.25) is 19.2 Å². The van der Waals surface area contributed by atoms with Crippen molar-refractivity contribution in [2.45, 2.75) is 25.0 Å². The van der Waals surface area contributed by atoms with Gasteiger partial charge in [0.05, 0.1) is 31.1 Å². The number of benzene rings is 1. The topological polar surface area (TPSA) is 108 Å². The molecule has 2 aromatic heterocycles. The summed E-state index contributed by atoms with van der Waals surface area (Å²) in [6, 6.07) is 5.65. The number of imidazole rings is 1. The molecule has 0 bridgehead atoms. The second-order valence-electron chi connectivity index (χ2n) is 8.49. The molecule has 1 aliphatic rings. The molecule has 11 heteroatoms. The number of likely N-dealkylation sites (N-methyl/N-ethyl adjacent to an activating group) is 1. The van der Waals surface area contributed by atoms with E-state index in [1.54, 1.807) is 44.9 Å². The molecule has 0 saturated carbocycles. The highest BCUT2D eigenvalue weighted by Crippen LogP contribution is 2.29. The smallest absolute Gasteiger partial charge is 0.255 e. The molecule has 1 saturated heterocycles. The first kappa shape index (κ1) is 23.6. The van der Waals surface area contributed by atoms with Crippen molar-refractivity contribution in [2.75, 3.05) is 39.2 Å². The molecule has 34 heavy (non-hydrogen) atoms. The fourth-order valence-electron chi connectivity index (χ4n) is 3.94. The van der Waals surface area contributed by atoms with Gasteiger partial charge in [0.2, 0.25) is 5.91 Å². The number of anilines is 1. The van der Waals surface area contributed by atoms with Crippen LogP contribution in [0, 0.1) is 5.82 Å². The zero-order valence-corrected chi connectivity index (χ0v) is 19.1. The minimum absolute atomic E-state index is 0.0286. The zero-order chi connectivity index (χ0) is 24.1. The van der Waals surface area contributed by atoms with E-state index in [0.717, 1.165) is 12.2 Å². The third-order valence-corrected chi connectivity index (χ3v) is 5.77. The fraction of sp³-hybridized carbons (Fsp3) is 0.391. The average Bonchev–Trinajstić information content (AvgIpc) is 3.56. The zero-order valence-electron chi connectivity index (χ0n) is 19.1. The molecule has 2 amide bonds. The van der Waals surface area contributed by atoms with Gasteiger partial charge in [0, 0.05) is 50.8 Å². The van der Waals surface area contributed by atoms with E-state index >= 15 is 0 Å². The Balaban J connectivity index is 1.40. The number of H-pyrrole nitrogens is 1. The summed E-state index contributed by atoms with van der Waals surface area (Å²) >= 11 is 0. The molecule has 0 aliphatic carbocycles. The van der Waals surface area contributed by atoms with Crippen molar-refractivity contribution in [3.63, 3.8) is 0 Å². The number of nitrogens with zero attached hydrogens (tertiary/aromatic N) is 5. The minimum Gasteiger partial charge on any atom is -0.370 e. The Kier molecular flexibility index (Phi) is 7.33. The quantitative estimate of drug-likeness (QED) is 0.496. The van der Waals surface area contributed by atoms with Gasteiger partial charge in [0.15, 0.2) is 0 Å². The molecule has 1 fully saturated rings. The maximum absolute atomic E-state index is 13.4. The summed E-state index contributed by atoms with van der Waals surface area (Å²) in [7, 11) is 3.39. The van der Waals surface area contributed by atoms with E-state index < -0.39 is 11.7 Å². The number of amides is 2. The van der Waals surface area contributed by atoms with Crippen LogP contribution in [-0.4, -0.2) is 81.3 Å². The highest BCUT2D eigenvalue weighted by atomic mass is 19.1. The van der Waals surface area contributed by atoms with Crippen LogP contribution >= 0.6 is 0 Å². The predicted molar refractivity (Wildman–Crippen MR) is 123 cm³/mol. The molecule has 1 aliphatic heterocycles. The molecular formula is C23H28FN7O3. The normalized spacial score (nSPS) is 18.2. The van der Waals surface area contributed by atoms with Crippen LogP contribution in [0.3, 0.4) is 0 Å². The van der Waals surface area contributed by atoms with Crippen LogP contribution in [0.1, 0.15) is 28.6 Å². The third-order valence-electron chi connectivity index (χ3n) is 5.77. The predicted octanol–water partition coefficient (Wildman–Crippen LogP) is 1.92. The number of carbonyl (C=O) groups is 2. The van der Waals surface area contributed by atoms with Crippen LogP contribution in [0.4, 0.5) is 10.1 Å². The molecule has 4 rings (SSSR count). The maximum atomic E-state index is 13.4. The highest BCUT2D eigenvalue weighted by Gasteiger charge is 2.34. The Morgan fingerprint density at radius 3 is 2.94 bits per heavy atom. The highest BCUT2D eigenvalue weighted by molar-refractivity contribution is 6.04.